The molecule has 0 fully saturated rings. The number of alkyl halides is 46. The van der Waals surface area contributed by atoms with Crippen LogP contribution in [0.25, 0.3) is 0 Å². The zero-order chi connectivity index (χ0) is 57.7. The number of hydrogen-bond donors (Lipinski definition) is 0. The number of halogens is 46. The number of rotatable bonds is 18. The van der Waals surface area contributed by atoms with Gasteiger partial charge in [0.25, 0.3) is 0 Å². The second-order valence-electron chi connectivity index (χ2n) is 12.5. The maximum absolute atomic E-state index is 15.2. The van der Waals surface area contributed by atoms with Gasteiger partial charge in [-0.15, -0.1) is 0 Å². The minimum atomic E-state index is -11.4. The Morgan fingerprint density at radius 1 is 0.116 bits per heavy atom. The Kier molecular flexibility index (Phi) is 14.9. The molecule has 0 saturated heterocycles. The van der Waals surface area contributed by atoms with E-state index in [2.05, 4.69) is 0 Å². The van der Waals surface area contributed by atoms with Crippen molar-refractivity contribution in [1.29, 1.82) is 0 Å². The third-order valence-corrected chi connectivity index (χ3v) is 8.05. The van der Waals surface area contributed by atoms with Crippen molar-refractivity contribution in [2.24, 2.45) is 0 Å². The van der Waals surface area contributed by atoms with Crippen molar-refractivity contribution in [3.05, 3.63) is 0 Å². The number of hydrogen-bond acceptors (Lipinski definition) is 1. The van der Waals surface area contributed by atoms with Gasteiger partial charge >= 0.3 is 131 Å². The van der Waals surface area contributed by atoms with E-state index < -0.39 is 131 Å². The molecule has 0 radical (unpaired) electrons. The molecule has 0 aromatic carbocycles. The first-order valence-corrected chi connectivity index (χ1v) is 14.1. The van der Waals surface area contributed by atoms with Gasteiger partial charge in [-0.3, -0.25) is 4.74 Å². The van der Waals surface area contributed by atoms with Crippen LogP contribution >= 0.6 is 0 Å². The quantitative estimate of drug-likeness (QED) is 0.124. The van der Waals surface area contributed by atoms with Crippen LogP contribution in [0.1, 0.15) is 0 Å². The zero-order valence-electron chi connectivity index (χ0n) is 28.8. The molecular formula is C22F46O. The van der Waals surface area contributed by atoms with E-state index in [0.717, 1.165) is 0 Å². The summed E-state index contributed by atoms with van der Waals surface area (Å²) in [4.78, 5) is 0. The molecular weight excluding hydrogens is 1150 g/mol. The van der Waals surface area contributed by atoms with E-state index in [0.29, 0.717) is 0 Å². The van der Waals surface area contributed by atoms with Gasteiger partial charge in [-0.05, 0) is 0 Å². The molecule has 0 bridgehead atoms. The second kappa shape index (κ2) is 15.6. The third-order valence-electron chi connectivity index (χ3n) is 8.05. The van der Waals surface area contributed by atoms with Crippen molar-refractivity contribution in [2.45, 2.75) is 131 Å². The Hall–Kier alpha value is -3.26. The summed E-state index contributed by atoms with van der Waals surface area (Å²) < 4.78 is 626. The van der Waals surface area contributed by atoms with Crippen molar-refractivity contribution >= 4 is 0 Å². The van der Waals surface area contributed by atoms with Gasteiger partial charge in [0.15, 0.2) is 0 Å². The van der Waals surface area contributed by atoms with Crippen molar-refractivity contribution in [3.63, 3.8) is 0 Å². The van der Waals surface area contributed by atoms with Gasteiger partial charge in [-0.1, -0.05) is 0 Å². The fourth-order valence-corrected chi connectivity index (χ4v) is 3.94. The normalized spacial score (nSPS) is 18.9. The van der Waals surface area contributed by atoms with Crippen LogP contribution in [0.3, 0.4) is 0 Å². The van der Waals surface area contributed by atoms with Crippen LogP contribution in [-0.4, -0.2) is 131 Å². The van der Waals surface area contributed by atoms with E-state index in [4.69, 9.17) is 0 Å². The van der Waals surface area contributed by atoms with E-state index in [1.165, 1.54) is 0 Å². The van der Waals surface area contributed by atoms with E-state index in [1.54, 1.807) is 0 Å². The molecule has 2 atom stereocenters. The summed E-state index contributed by atoms with van der Waals surface area (Å²) in [7, 11) is 0. The predicted octanol–water partition coefficient (Wildman–Crippen LogP) is 14.7. The van der Waals surface area contributed by atoms with Gasteiger partial charge < -0.3 is 0 Å². The highest BCUT2D eigenvalue weighted by atomic mass is 19.5. The molecule has 0 saturated carbocycles. The molecule has 0 rings (SSSR count). The smallest absolute Gasteiger partial charge is 0.288 e. The molecule has 0 aliphatic heterocycles. The zero-order valence-corrected chi connectivity index (χ0v) is 28.8. The SMILES string of the molecule is FC(F)(F)C(F)(F)C(F)(F)C(F)(F)C(F)(F)C(F)(F)C(F)(F)C(F)(F)C(F)(OC(F)(C(F)(F)C(F)(F)F)C(F)(F)C(F)(F)C(F)(F)C(F)(F)C(F)(F)C(F)(F)C(F)(F)C(F)(F)F)C(F)(F)C(F)(F)F. The van der Waals surface area contributed by atoms with Crippen LogP contribution in [-0.2, 0) is 4.74 Å². The van der Waals surface area contributed by atoms with Crippen LogP contribution in [0, 0.1) is 0 Å². The van der Waals surface area contributed by atoms with Gasteiger partial charge in [0, 0.05) is 0 Å². The first-order valence-electron chi connectivity index (χ1n) is 14.1. The maximum atomic E-state index is 15.2. The standard InChI is InChI=1S/C22F46O/c23-1(24,5(31,32)9(39,40)13(47,48)19(57,58)59)3(27,28)7(35,36)11(43,44)17(55,15(51,52)21(63,64)65)69-18(56,16(53,54)22(66,67)68)12(45,46)8(37,38)4(29,30)2(25,26)6(33,34)10(41,42)14(49,50)20(60,61)62. The molecule has 0 spiro atoms. The molecule has 0 N–H and O–H groups in total. The van der Waals surface area contributed by atoms with Gasteiger partial charge in [-0.25, -0.2) is 0 Å². The second-order valence-corrected chi connectivity index (χ2v) is 12.5. The highest BCUT2D eigenvalue weighted by molar-refractivity contribution is 5.23. The molecule has 69 heavy (non-hydrogen) atoms. The molecule has 0 aliphatic rings. The lowest BCUT2D eigenvalue weighted by atomic mass is 9.84. The molecule has 47 heteroatoms. The maximum Gasteiger partial charge on any atom is 0.460 e. The highest BCUT2D eigenvalue weighted by Crippen LogP contribution is 2.72. The predicted molar refractivity (Wildman–Crippen MR) is 112 cm³/mol. The monoisotopic (exact) mass is 1150 g/mol. The molecule has 0 amide bonds. The molecule has 0 heterocycles. The van der Waals surface area contributed by atoms with Crippen LogP contribution < -0.4 is 0 Å². The van der Waals surface area contributed by atoms with Crippen LogP contribution in [0.5, 0.6) is 0 Å². The van der Waals surface area contributed by atoms with Gasteiger partial charge in [0.05, 0.1) is 0 Å². The Bertz CT molecular complexity index is 1710. The summed E-state index contributed by atoms with van der Waals surface area (Å²) in [5, 5.41) is 0. The topological polar surface area (TPSA) is 9.23 Å². The summed E-state index contributed by atoms with van der Waals surface area (Å²) in [6.45, 7) is 0. The molecule has 2 unspecified atom stereocenters. The third kappa shape index (κ3) is 7.63. The first-order chi connectivity index (χ1) is 28.7. The van der Waals surface area contributed by atoms with Crippen LogP contribution in [0.15, 0.2) is 0 Å². The fourth-order valence-electron chi connectivity index (χ4n) is 3.94. The Balaban J connectivity index is 9.27. The Morgan fingerprint density at radius 3 is 0.333 bits per heavy atom. The van der Waals surface area contributed by atoms with Crippen molar-refractivity contribution < 1.29 is 207 Å². The Morgan fingerprint density at radius 2 is 0.217 bits per heavy atom. The van der Waals surface area contributed by atoms with E-state index in [1.807, 2.05) is 0 Å². The summed E-state index contributed by atoms with van der Waals surface area (Å²) in [5.74, 6) is -190. The molecule has 1 nitrogen and oxygen atoms in total. The molecule has 0 aliphatic carbocycles. The molecule has 416 valence electrons. The summed E-state index contributed by atoms with van der Waals surface area (Å²) in [6.07, 6.45) is -37.0. The minimum Gasteiger partial charge on any atom is -0.288 e. The number of ether oxygens (including phenoxy) is 1. The minimum absolute atomic E-state index is 0.0688. The van der Waals surface area contributed by atoms with Crippen LogP contribution in [0.4, 0.5) is 202 Å². The summed E-state index contributed by atoms with van der Waals surface area (Å²) >= 11 is 0. The first kappa shape index (κ1) is 65.7. The van der Waals surface area contributed by atoms with Crippen LogP contribution in [0.2, 0.25) is 0 Å². The largest absolute Gasteiger partial charge is 0.460 e. The van der Waals surface area contributed by atoms with Gasteiger partial charge in [0.1, 0.15) is 0 Å². The summed E-state index contributed by atoms with van der Waals surface area (Å²) in [5.41, 5.74) is 0. The summed E-state index contributed by atoms with van der Waals surface area (Å²) in [6, 6.07) is 0. The van der Waals surface area contributed by atoms with Crippen molar-refractivity contribution in [1.82, 2.24) is 0 Å². The fraction of sp³-hybridized carbons (Fsp3) is 1.00. The van der Waals surface area contributed by atoms with E-state index in [-0.39, 0.29) is 4.74 Å². The average Bonchev–Trinajstić information content (AvgIpc) is 3.07. The lowest BCUT2D eigenvalue weighted by molar-refractivity contribution is -0.552. The van der Waals surface area contributed by atoms with E-state index >= 15 is 8.78 Å². The Labute approximate surface area is 339 Å². The molecule has 0 aromatic rings. The van der Waals surface area contributed by atoms with Gasteiger partial charge in [-0.2, -0.15) is 202 Å². The molecule has 0 aromatic heterocycles. The highest BCUT2D eigenvalue weighted by Gasteiger charge is 3.03. The van der Waals surface area contributed by atoms with E-state index in [9.17, 15) is 193 Å². The van der Waals surface area contributed by atoms with Gasteiger partial charge in [0.2, 0.25) is 0 Å². The lowest BCUT2D eigenvalue weighted by Crippen LogP contribution is -2.82. The lowest BCUT2D eigenvalue weighted by Gasteiger charge is -2.50. The van der Waals surface area contributed by atoms with Crippen molar-refractivity contribution in [2.75, 3.05) is 0 Å². The van der Waals surface area contributed by atoms with Crippen molar-refractivity contribution in [3.8, 4) is 0 Å². The average molecular weight is 1150 g/mol.